The predicted molar refractivity (Wildman–Crippen MR) is 106 cm³/mol. The average Bonchev–Trinajstić information content (AvgIpc) is 2.92. The van der Waals surface area contributed by atoms with Gasteiger partial charge in [0, 0.05) is 16.3 Å². The SMILES string of the molecule is Cc1ccc(C)c(N2C[C@](O)(c3ccc(Cl)cc3)[N+]3=C2SCCC3)c1. The molecule has 0 aromatic heterocycles. The number of rotatable bonds is 2. The monoisotopic (exact) mass is 373 g/mol. The molecule has 0 amide bonds. The highest BCUT2D eigenvalue weighted by Gasteiger charge is 2.53. The third kappa shape index (κ3) is 2.86. The van der Waals surface area contributed by atoms with Crippen LogP contribution in [0.4, 0.5) is 5.69 Å². The number of aryl methyl sites for hydroxylation is 2. The highest BCUT2D eigenvalue weighted by molar-refractivity contribution is 8.13. The molecule has 2 aromatic carbocycles. The van der Waals surface area contributed by atoms with Gasteiger partial charge in [-0.15, -0.1) is 0 Å². The van der Waals surface area contributed by atoms with Gasteiger partial charge in [-0.05, 0) is 61.4 Å². The minimum absolute atomic E-state index is 0.529. The number of anilines is 1. The molecule has 0 spiro atoms. The lowest BCUT2D eigenvalue weighted by Gasteiger charge is -2.24. The standard InChI is InChI=1S/C20H22ClN2OS/c1-14-4-5-15(2)18(12-14)22-13-20(24,16-6-8-17(21)9-7-16)23-10-3-11-25-19(22)23/h4-9,12,24H,3,10-11,13H2,1-2H3/q+1/t20-/m0/s1. The molecule has 1 N–H and O–H groups in total. The molecule has 0 aliphatic carbocycles. The molecule has 0 saturated carbocycles. The molecule has 1 atom stereocenters. The number of thioether (sulfide) groups is 1. The average molecular weight is 374 g/mol. The molecule has 2 aliphatic heterocycles. The van der Waals surface area contributed by atoms with E-state index in [9.17, 15) is 5.11 Å². The quantitative estimate of drug-likeness (QED) is 0.802. The largest absolute Gasteiger partial charge is 0.346 e. The van der Waals surface area contributed by atoms with Gasteiger partial charge in [-0.3, -0.25) is 0 Å². The fourth-order valence-electron chi connectivity index (χ4n) is 3.66. The number of β-amino-alcohol motifs (C(OH)–C–C–N with tert-alkyl or cyclic N) is 1. The van der Waals surface area contributed by atoms with Gasteiger partial charge in [0.25, 0.3) is 5.72 Å². The van der Waals surface area contributed by atoms with E-state index in [0.29, 0.717) is 11.6 Å². The first-order valence-electron chi connectivity index (χ1n) is 8.60. The van der Waals surface area contributed by atoms with Gasteiger partial charge in [0.15, 0.2) is 6.54 Å². The van der Waals surface area contributed by atoms with Crippen molar-refractivity contribution in [3.8, 4) is 0 Å². The maximum absolute atomic E-state index is 11.6. The molecule has 130 valence electrons. The van der Waals surface area contributed by atoms with Gasteiger partial charge in [0.1, 0.15) is 5.69 Å². The predicted octanol–water partition coefficient (Wildman–Crippen LogP) is 4.13. The van der Waals surface area contributed by atoms with E-state index in [1.54, 1.807) is 0 Å². The molecule has 5 heteroatoms. The first kappa shape index (κ1) is 17.0. The van der Waals surface area contributed by atoms with Crippen LogP contribution in [0.2, 0.25) is 5.02 Å². The molecule has 4 rings (SSSR count). The van der Waals surface area contributed by atoms with Crippen molar-refractivity contribution in [2.75, 3.05) is 23.7 Å². The summed E-state index contributed by atoms with van der Waals surface area (Å²) in [6, 6.07) is 14.1. The van der Waals surface area contributed by atoms with Gasteiger partial charge < -0.3 is 5.11 Å². The van der Waals surface area contributed by atoms with Crippen LogP contribution in [-0.2, 0) is 5.72 Å². The Morgan fingerprint density at radius 1 is 1.16 bits per heavy atom. The summed E-state index contributed by atoms with van der Waals surface area (Å²) in [4.78, 5) is 2.28. The van der Waals surface area contributed by atoms with Crippen molar-refractivity contribution in [2.45, 2.75) is 26.0 Å². The van der Waals surface area contributed by atoms with Crippen LogP contribution >= 0.6 is 23.4 Å². The molecule has 2 heterocycles. The second-order valence-electron chi connectivity index (χ2n) is 6.84. The van der Waals surface area contributed by atoms with E-state index in [4.69, 9.17) is 11.6 Å². The lowest BCUT2D eigenvalue weighted by Crippen LogP contribution is -2.41. The minimum Gasteiger partial charge on any atom is -0.346 e. The molecule has 2 aliphatic rings. The van der Waals surface area contributed by atoms with E-state index in [2.05, 4.69) is 41.5 Å². The maximum Gasteiger partial charge on any atom is 0.316 e. The number of amidine groups is 1. The van der Waals surface area contributed by atoms with Crippen molar-refractivity contribution in [3.63, 3.8) is 0 Å². The lowest BCUT2D eigenvalue weighted by atomic mass is 10.0. The van der Waals surface area contributed by atoms with Gasteiger partial charge in [-0.2, -0.15) is 0 Å². The van der Waals surface area contributed by atoms with Gasteiger partial charge in [-0.1, -0.05) is 35.9 Å². The van der Waals surface area contributed by atoms with Crippen LogP contribution < -0.4 is 4.90 Å². The summed E-state index contributed by atoms with van der Waals surface area (Å²) in [5.74, 6) is 1.09. The zero-order valence-electron chi connectivity index (χ0n) is 14.5. The third-order valence-corrected chi connectivity index (χ3v) is 6.45. The molecule has 25 heavy (non-hydrogen) atoms. The van der Waals surface area contributed by atoms with Crippen molar-refractivity contribution in [1.82, 2.24) is 0 Å². The first-order chi connectivity index (χ1) is 12.0. The molecule has 0 radical (unpaired) electrons. The highest BCUT2D eigenvalue weighted by Crippen LogP contribution is 2.39. The van der Waals surface area contributed by atoms with Crippen molar-refractivity contribution in [1.29, 1.82) is 0 Å². The molecule has 0 saturated heterocycles. The fraction of sp³-hybridized carbons (Fsp3) is 0.350. The Balaban J connectivity index is 1.83. The number of nitrogens with zero attached hydrogens (tertiary/aromatic N) is 2. The first-order valence-corrected chi connectivity index (χ1v) is 9.96. The van der Waals surface area contributed by atoms with Crippen LogP contribution in [0, 0.1) is 13.8 Å². The van der Waals surface area contributed by atoms with E-state index in [0.717, 1.165) is 29.4 Å². The Morgan fingerprint density at radius 3 is 2.68 bits per heavy atom. The Kier molecular flexibility index (Phi) is 4.30. The molecular weight excluding hydrogens is 352 g/mol. The smallest absolute Gasteiger partial charge is 0.316 e. The van der Waals surface area contributed by atoms with Crippen LogP contribution in [0.5, 0.6) is 0 Å². The normalized spacial score (nSPS) is 23.1. The zero-order chi connectivity index (χ0) is 17.6. The molecule has 3 nitrogen and oxygen atoms in total. The topological polar surface area (TPSA) is 26.5 Å². The lowest BCUT2D eigenvalue weighted by molar-refractivity contribution is -0.656. The van der Waals surface area contributed by atoms with Gasteiger partial charge in [0.05, 0.1) is 6.54 Å². The van der Waals surface area contributed by atoms with Crippen molar-refractivity contribution in [3.05, 3.63) is 64.2 Å². The van der Waals surface area contributed by atoms with Gasteiger partial charge >= 0.3 is 5.17 Å². The van der Waals surface area contributed by atoms with Crippen LogP contribution in [0.15, 0.2) is 42.5 Å². The number of hydrogen-bond donors (Lipinski definition) is 1. The van der Waals surface area contributed by atoms with Gasteiger partial charge in [-0.25, -0.2) is 9.48 Å². The number of hydrogen-bond acceptors (Lipinski definition) is 3. The summed E-state index contributed by atoms with van der Waals surface area (Å²) in [6.07, 6.45) is 1.07. The number of benzene rings is 2. The summed E-state index contributed by atoms with van der Waals surface area (Å²) in [5, 5.41) is 13.5. The van der Waals surface area contributed by atoms with E-state index in [-0.39, 0.29) is 0 Å². The molecular formula is C20H22ClN2OS+. The van der Waals surface area contributed by atoms with Gasteiger partial charge in [0.2, 0.25) is 0 Å². The summed E-state index contributed by atoms with van der Waals surface area (Å²) in [6.45, 7) is 5.64. The highest BCUT2D eigenvalue weighted by atomic mass is 35.5. The Morgan fingerprint density at radius 2 is 1.92 bits per heavy atom. The van der Waals surface area contributed by atoms with E-state index < -0.39 is 5.72 Å². The van der Waals surface area contributed by atoms with Crippen LogP contribution in [0.25, 0.3) is 0 Å². The van der Waals surface area contributed by atoms with Crippen LogP contribution in [0.3, 0.4) is 0 Å². The third-order valence-electron chi connectivity index (χ3n) is 5.01. The maximum atomic E-state index is 11.6. The summed E-state index contributed by atoms with van der Waals surface area (Å²) in [7, 11) is 0. The minimum atomic E-state index is -1.02. The Labute approximate surface area is 157 Å². The van der Waals surface area contributed by atoms with Crippen molar-refractivity contribution >= 4 is 34.2 Å². The summed E-state index contributed by atoms with van der Waals surface area (Å²) in [5.41, 5.74) is 3.51. The Hall–Kier alpha value is -1.49. The van der Waals surface area contributed by atoms with Crippen molar-refractivity contribution in [2.24, 2.45) is 0 Å². The Bertz CT molecular complexity index is 849. The molecule has 2 aromatic rings. The summed E-state index contributed by atoms with van der Waals surface area (Å²) >= 11 is 7.88. The van der Waals surface area contributed by atoms with E-state index in [1.807, 2.05) is 36.0 Å². The summed E-state index contributed by atoms with van der Waals surface area (Å²) < 4.78 is 2.16. The zero-order valence-corrected chi connectivity index (χ0v) is 16.1. The van der Waals surface area contributed by atoms with Crippen LogP contribution in [-0.4, -0.2) is 33.7 Å². The fourth-order valence-corrected chi connectivity index (χ4v) is 4.96. The number of aliphatic hydroxyl groups is 1. The molecule has 0 unspecified atom stereocenters. The van der Waals surface area contributed by atoms with E-state index in [1.165, 1.54) is 16.8 Å². The number of halogens is 1. The second-order valence-corrected chi connectivity index (χ2v) is 8.33. The van der Waals surface area contributed by atoms with Crippen LogP contribution in [0.1, 0.15) is 23.1 Å². The second kappa shape index (κ2) is 6.35. The molecule has 0 fully saturated rings. The molecule has 0 bridgehead atoms. The van der Waals surface area contributed by atoms with E-state index >= 15 is 0 Å². The van der Waals surface area contributed by atoms with Crippen molar-refractivity contribution < 1.29 is 9.68 Å².